The molecule has 34 heavy (non-hydrogen) atoms. The SMILES string of the molecule is CC(C)(C)NC(=O)c1cc(Cl)cnc1N[C@@H]1CCN(C(=O)O[C@H]2C3CC4CC2C[C@](O)(C4)C3)C1. The number of carbonyl (C=O) groups is 2. The molecule has 2 unspecified atom stereocenters. The Labute approximate surface area is 205 Å². The van der Waals surface area contributed by atoms with Crippen molar-refractivity contribution < 1.29 is 19.4 Å². The van der Waals surface area contributed by atoms with Gasteiger partial charge in [0, 0.05) is 30.9 Å². The van der Waals surface area contributed by atoms with Crippen LogP contribution in [0, 0.1) is 17.8 Å². The molecule has 4 saturated carbocycles. The van der Waals surface area contributed by atoms with Crippen molar-refractivity contribution in [1.82, 2.24) is 15.2 Å². The third-order valence-electron chi connectivity index (χ3n) is 7.77. The van der Waals surface area contributed by atoms with Gasteiger partial charge < -0.3 is 25.4 Å². The lowest BCUT2D eigenvalue weighted by molar-refractivity contribution is -0.177. The minimum absolute atomic E-state index is 0.0402. The fraction of sp³-hybridized carbons (Fsp3) is 0.720. The van der Waals surface area contributed by atoms with Gasteiger partial charge in [-0.1, -0.05) is 11.6 Å². The van der Waals surface area contributed by atoms with Gasteiger partial charge >= 0.3 is 6.09 Å². The van der Waals surface area contributed by atoms with Crippen LogP contribution in [0.3, 0.4) is 0 Å². The number of amides is 2. The number of carbonyl (C=O) groups excluding carboxylic acids is 2. The normalized spacial score (nSPS) is 34.3. The Balaban J connectivity index is 1.20. The van der Waals surface area contributed by atoms with Crippen molar-refractivity contribution in [2.45, 2.75) is 82.6 Å². The summed E-state index contributed by atoms with van der Waals surface area (Å²) in [5.41, 5.74) is -0.544. The zero-order valence-corrected chi connectivity index (χ0v) is 20.9. The molecule has 5 fully saturated rings. The fourth-order valence-electron chi connectivity index (χ4n) is 6.69. The summed E-state index contributed by atoms with van der Waals surface area (Å²) < 4.78 is 6.04. The first kappa shape index (κ1) is 23.7. The van der Waals surface area contributed by atoms with E-state index in [0.717, 1.165) is 38.5 Å². The molecule has 0 aromatic carbocycles. The number of rotatable bonds is 4. The van der Waals surface area contributed by atoms with E-state index < -0.39 is 11.1 Å². The number of likely N-dealkylation sites (tertiary alicyclic amines) is 1. The monoisotopic (exact) mass is 490 g/mol. The highest BCUT2D eigenvalue weighted by Gasteiger charge is 2.56. The van der Waals surface area contributed by atoms with Crippen molar-refractivity contribution >= 4 is 29.4 Å². The largest absolute Gasteiger partial charge is 0.446 e. The molecule has 1 saturated heterocycles. The van der Waals surface area contributed by atoms with E-state index in [1.54, 1.807) is 11.0 Å². The van der Waals surface area contributed by atoms with Crippen molar-refractivity contribution in [2.75, 3.05) is 18.4 Å². The molecule has 4 aliphatic carbocycles. The molecular formula is C25H35ClN4O4. The Hall–Kier alpha value is -2.06. The predicted molar refractivity (Wildman–Crippen MR) is 129 cm³/mol. The molecule has 5 aliphatic rings. The zero-order chi connectivity index (χ0) is 24.3. The highest BCUT2D eigenvalue weighted by Crippen LogP contribution is 2.56. The third-order valence-corrected chi connectivity index (χ3v) is 7.97. The van der Waals surface area contributed by atoms with E-state index in [2.05, 4.69) is 15.6 Å². The van der Waals surface area contributed by atoms with E-state index in [0.29, 0.717) is 35.4 Å². The van der Waals surface area contributed by atoms with E-state index in [-0.39, 0.29) is 36.0 Å². The van der Waals surface area contributed by atoms with Gasteiger partial charge in [0.25, 0.3) is 5.91 Å². The number of hydrogen-bond donors (Lipinski definition) is 3. The molecule has 6 rings (SSSR count). The molecule has 2 amide bonds. The number of nitrogens with one attached hydrogen (secondary N) is 2. The molecule has 1 aromatic heterocycles. The first-order chi connectivity index (χ1) is 16.0. The minimum atomic E-state index is -0.537. The minimum Gasteiger partial charge on any atom is -0.446 e. The summed E-state index contributed by atoms with van der Waals surface area (Å²) in [5.74, 6) is 1.34. The Bertz CT molecular complexity index is 964. The maximum absolute atomic E-state index is 13.0. The lowest BCUT2D eigenvalue weighted by Crippen LogP contribution is -2.58. The van der Waals surface area contributed by atoms with Crippen LogP contribution in [0.15, 0.2) is 12.3 Å². The molecule has 9 heteroatoms. The van der Waals surface area contributed by atoms with Crippen molar-refractivity contribution in [2.24, 2.45) is 17.8 Å². The Morgan fingerprint density at radius 1 is 1.24 bits per heavy atom. The topological polar surface area (TPSA) is 104 Å². The molecule has 4 bridgehead atoms. The van der Waals surface area contributed by atoms with Crippen LogP contribution in [-0.4, -0.2) is 63.4 Å². The summed E-state index contributed by atoms with van der Waals surface area (Å²) in [6.45, 7) is 6.82. The number of nitrogens with zero attached hydrogens (tertiary/aromatic N) is 2. The Morgan fingerprint density at radius 2 is 1.94 bits per heavy atom. The lowest BCUT2D eigenvalue weighted by atomic mass is 9.53. The summed E-state index contributed by atoms with van der Waals surface area (Å²) >= 11 is 6.11. The maximum Gasteiger partial charge on any atom is 0.410 e. The summed E-state index contributed by atoms with van der Waals surface area (Å²) in [6, 6.07) is 1.57. The number of pyridine rings is 1. The predicted octanol–water partition coefficient (Wildman–Crippen LogP) is 3.83. The van der Waals surface area contributed by atoms with Crippen LogP contribution in [0.25, 0.3) is 0 Å². The molecule has 186 valence electrons. The summed E-state index contributed by atoms with van der Waals surface area (Å²) in [4.78, 5) is 31.9. The van der Waals surface area contributed by atoms with Gasteiger partial charge in [-0.3, -0.25) is 4.79 Å². The summed E-state index contributed by atoms with van der Waals surface area (Å²) in [7, 11) is 0. The van der Waals surface area contributed by atoms with Gasteiger partial charge in [0.2, 0.25) is 0 Å². The van der Waals surface area contributed by atoms with Crippen LogP contribution in [0.1, 0.15) is 69.7 Å². The van der Waals surface area contributed by atoms with Crippen LogP contribution in [0.2, 0.25) is 5.02 Å². The van der Waals surface area contributed by atoms with Gasteiger partial charge in [0.1, 0.15) is 11.9 Å². The second-order valence-electron chi connectivity index (χ2n) is 11.9. The maximum atomic E-state index is 13.0. The van der Waals surface area contributed by atoms with Crippen molar-refractivity contribution in [3.63, 3.8) is 0 Å². The first-order valence-corrected chi connectivity index (χ1v) is 12.8. The Morgan fingerprint density at radius 3 is 2.59 bits per heavy atom. The lowest BCUT2D eigenvalue weighted by Gasteiger charge is -2.57. The molecule has 3 atom stereocenters. The van der Waals surface area contributed by atoms with E-state index in [1.807, 2.05) is 20.8 Å². The summed E-state index contributed by atoms with van der Waals surface area (Å²) in [5, 5.41) is 17.5. The van der Waals surface area contributed by atoms with Gasteiger partial charge in [-0.25, -0.2) is 9.78 Å². The van der Waals surface area contributed by atoms with E-state index in [9.17, 15) is 14.7 Å². The number of ether oxygens (including phenoxy) is 1. The van der Waals surface area contributed by atoms with Crippen molar-refractivity contribution in [1.29, 1.82) is 0 Å². The molecule has 1 aromatic rings. The highest BCUT2D eigenvalue weighted by molar-refractivity contribution is 6.31. The van der Waals surface area contributed by atoms with Crippen LogP contribution in [0.5, 0.6) is 0 Å². The molecule has 0 spiro atoms. The zero-order valence-electron chi connectivity index (χ0n) is 20.1. The quantitative estimate of drug-likeness (QED) is 0.592. The molecular weight excluding hydrogens is 456 g/mol. The van der Waals surface area contributed by atoms with E-state index in [1.165, 1.54) is 6.20 Å². The van der Waals surface area contributed by atoms with Crippen LogP contribution in [-0.2, 0) is 4.74 Å². The molecule has 1 aliphatic heterocycles. The Kier molecular flexibility index (Phi) is 5.96. The number of aromatic nitrogens is 1. The van der Waals surface area contributed by atoms with Crippen molar-refractivity contribution in [3.05, 3.63) is 22.8 Å². The number of halogens is 1. The second kappa shape index (κ2) is 8.55. The van der Waals surface area contributed by atoms with Gasteiger partial charge in [-0.2, -0.15) is 0 Å². The standard InChI is InChI=1S/C25H35ClN4O4/c1-24(2,3)29-22(31)19-8-17(26)12-27-21(19)28-18-4-5-30(13-18)23(32)34-20-15-6-14-7-16(20)11-25(33,9-14)10-15/h8,12,14-16,18,20,33H,4-7,9-11,13H2,1-3H3,(H,27,28)(H,29,31)/t14?,15?,16?,18-,20-,25-/m1/s1. The van der Waals surface area contributed by atoms with Gasteiger partial charge in [-0.05, 0) is 83.1 Å². The van der Waals surface area contributed by atoms with E-state index in [4.69, 9.17) is 16.3 Å². The van der Waals surface area contributed by atoms with Crippen molar-refractivity contribution in [3.8, 4) is 0 Å². The van der Waals surface area contributed by atoms with Crippen LogP contribution < -0.4 is 10.6 Å². The van der Waals surface area contributed by atoms with E-state index >= 15 is 0 Å². The number of anilines is 1. The molecule has 0 radical (unpaired) electrons. The number of aliphatic hydroxyl groups is 1. The summed E-state index contributed by atoms with van der Waals surface area (Å²) in [6.07, 6.45) is 6.43. The molecule has 8 nitrogen and oxygen atoms in total. The fourth-order valence-corrected chi connectivity index (χ4v) is 6.85. The molecule has 2 heterocycles. The van der Waals surface area contributed by atoms with Gasteiger partial charge in [-0.15, -0.1) is 0 Å². The third kappa shape index (κ3) is 4.85. The average molecular weight is 491 g/mol. The van der Waals surface area contributed by atoms with Gasteiger partial charge in [0.05, 0.1) is 16.2 Å². The van der Waals surface area contributed by atoms with Crippen LogP contribution in [0.4, 0.5) is 10.6 Å². The highest BCUT2D eigenvalue weighted by atomic mass is 35.5. The van der Waals surface area contributed by atoms with Crippen LogP contribution >= 0.6 is 11.6 Å². The first-order valence-electron chi connectivity index (χ1n) is 12.4. The molecule has 3 N–H and O–H groups in total. The smallest absolute Gasteiger partial charge is 0.410 e. The van der Waals surface area contributed by atoms with Gasteiger partial charge in [0.15, 0.2) is 0 Å². The number of hydrogen-bond acceptors (Lipinski definition) is 6. The second-order valence-corrected chi connectivity index (χ2v) is 12.3. The average Bonchev–Trinajstić information content (AvgIpc) is 3.18.